The molecule has 1 N–H and O–H groups in total. The van der Waals surface area contributed by atoms with Gasteiger partial charge in [0.15, 0.2) is 5.75 Å². The van der Waals surface area contributed by atoms with E-state index in [2.05, 4.69) is 9.97 Å². The number of aliphatic carboxylic acids is 1. The zero-order valence-corrected chi connectivity index (χ0v) is 28.1. The van der Waals surface area contributed by atoms with E-state index in [0.717, 1.165) is 35.0 Å². The summed E-state index contributed by atoms with van der Waals surface area (Å²) in [5.41, 5.74) is -3.16. The fourth-order valence-electron chi connectivity index (χ4n) is 5.26. The number of hydrogen-bond donors (Lipinski definition) is 1. The fraction of sp³-hybridized carbons (Fsp3) is 0.361. The minimum Gasteiger partial charge on any atom is -0.493 e. The highest BCUT2D eigenvalue weighted by Crippen LogP contribution is 2.40. The first-order valence-corrected chi connectivity index (χ1v) is 15.9. The number of carbonyl (C=O) groups is 1. The first-order valence-electron chi connectivity index (χ1n) is 15.9. The Morgan fingerprint density at radius 1 is 0.769 bits per heavy atom. The maximum Gasteiger partial charge on any atom is 0.416 e. The highest BCUT2D eigenvalue weighted by Gasteiger charge is 2.37. The molecule has 7 nitrogen and oxygen atoms in total. The van der Waals surface area contributed by atoms with Gasteiger partial charge in [0, 0.05) is 25.1 Å². The van der Waals surface area contributed by atoms with E-state index in [1.807, 2.05) is 13.8 Å². The van der Waals surface area contributed by atoms with E-state index in [4.69, 9.17) is 14.6 Å². The third-order valence-electron chi connectivity index (χ3n) is 7.78. The van der Waals surface area contributed by atoms with Crippen molar-refractivity contribution < 1.29 is 58.9 Å². The predicted molar refractivity (Wildman–Crippen MR) is 173 cm³/mol. The molecular weight excluding hydrogens is 709 g/mol. The van der Waals surface area contributed by atoms with Crippen LogP contribution in [0.25, 0.3) is 11.1 Å². The third-order valence-corrected chi connectivity index (χ3v) is 7.78. The summed E-state index contributed by atoms with van der Waals surface area (Å²) in [5, 5.41) is 8.83. The summed E-state index contributed by atoms with van der Waals surface area (Å²) in [6, 6.07) is 9.21. The monoisotopic (exact) mass is 743 g/mol. The molecule has 0 saturated carbocycles. The van der Waals surface area contributed by atoms with Gasteiger partial charge in [-0.1, -0.05) is 26.0 Å². The fourth-order valence-corrected chi connectivity index (χ4v) is 5.26. The zero-order valence-electron chi connectivity index (χ0n) is 28.1. The Labute approximate surface area is 293 Å². The number of aromatic nitrogens is 2. The van der Waals surface area contributed by atoms with Crippen molar-refractivity contribution in [3.63, 3.8) is 0 Å². The van der Waals surface area contributed by atoms with Crippen LogP contribution in [0.4, 0.5) is 45.5 Å². The molecule has 0 bridgehead atoms. The molecular formula is C36H34F9N3O4. The highest BCUT2D eigenvalue weighted by molar-refractivity contribution is 5.75. The van der Waals surface area contributed by atoms with Crippen LogP contribution in [-0.2, 0) is 36.4 Å². The Morgan fingerprint density at radius 3 is 1.92 bits per heavy atom. The van der Waals surface area contributed by atoms with Crippen LogP contribution in [0, 0.1) is 0 Å². The summed E-state index contributed by atoms with van der Waals surface area (Å²) in [6.45, 7) is 4.53. The number of halogens is 9. The van der Waals surface area contributed by atoms with Gasteiger partial charge in [0.1, 0.15) is 5.75 Å². The average Bonchev–Trinajstić information content (AvgIpc) is 3.05. The molecule has 0 saturated heterocycles. The van der Waals surface area contributed by atoms with E-state index in [1.54, 1.807) is 25.1 Å². The lowest BCUT2D eigenvalue weighted by Crippen LogP contribution is -2.25. The second kappa shape index (κ2) is 16.1. The smallest absolute Gasteiger partial charge is 0.416 e. The van der Waals surface area contributed by atoms with E-state index < -0.39 is 59.8 Å². The Balaban J connectivity index is 1.88. The van der Waals surface area contributed by atoms with E-state index in [1.165, 1.54) is 6.07 Å². The average molecular weight is 744 g/mol. The number of nitrogens with zero attached hydrogens (tertiary/aromatic N) is 3. The number of anilines is 1. The second-order valence-corrected chi connectivity index (χ2v) is 12.0. The predicted octanol–water partition coefficient (Wildman–Crippen LogP) is 10.2. The van der Waals surface area contributed by atoms with Crippen molar-refractivity contribution in [3.8, 4) is 22.6 Å². The van der Waals surface area contributed by atoms with Crippen LogP contribution >= 0.6 is 0 Å². The molecule has 1 aromatic heterocycles. The lowest BCUT2D eigenvalue weighted by Gasteiger charge is -2.26. The Hall–Kier alpha value is -5.02. The van der Waals surface area contributed by atoms with Crippen molar-refractivity contribution in [1.29, 1.82) is 0 Å². The molecule has 0 aliphatic heterocycles. The molecule has 0 amide bonds. The largest absolute Gasteiger partial charge is 0.493 e. The van der Waals surface area contributed by atoms with Crippen LogP contribution in [0.5, 0.6) is 11.5 Å². The first kappa shape index (κ1) is 39.8. The van der Waals surface area contributed by atoms with Gasteiger partial charge >= 0.3 is 24.5 Å². The Kier molecular flexibility index (Phi) is 12.3. The van der Waals surface area contributed by atoms with Crippen molar-refractivity contribution in [1.82, 2.24) is 9.97 Å². The molecule has 0 aliphatic carbocycles. The number of carboxylic acids is 1. The van der Waals surface area contributed by atoms with Crippen LogP contribution < -0.4 is 14.4 Å². The SMILES string of the molecule is CCOc1ccc(C(C)C)cc1-c1ccc(C(F)(F)F)cc1CN(Cc1cc(C(F)(F)F)cc(C(F)(F)F)c1)c1ncc(OCCCC(=O)O)cn1. The van der Waals surface area contributed by atoms with Gasteiger partial charge in [-0.15, -0.1) is 0 Å². The lowest BCUT2D eigenvalue weighted by molar-refractivity contribution is -0.143. The molecule has 52 heavy (non-hydrogen) atoms. The minimum absolute atomic E-state index is 0.00250. The summed E-state index contributed by atoms with van der Waals surface area (Å²) < 4.78 is 136. The quantitative estimate of drug-likeness (QED) is 0.102. The van der Waals surface area contributed by atoms with Crippen molar-refractivity contribution in [2.24, 2.45) is 0 Å². The first-order chi connectivity index (χ1) is 24.3. The summed E-state index contributed by atoms with van der Waals surface area (Å²) in [6.07, 6.45) is -12.9. The number of benzene rings is 3. The van der Waals surface area contributed by atoms with E-state index in [0.29, 0.717) is 23.4 Å². The van der Waals surface area contributed by atoms with Gasteiger partial charge in [-0.25, -0.2) is 9.97 Å². The topological polar surface area (TPSA) is 84.8 Å². The number of carboxylic acid groups (broad SMARTS) is 1. The van der Waals surface area contributed by atoms with Gasteiger partial charge in [0.05, 0.1) is 42.3 Å². The lowest BCUT2D eigenvalue weighted by atomic mass is 9.92. The molecule has 0 radical (unpaired) electrons. The Morgan fingerprint density at radius 2 is 1.38 bits per heavy atom. The van der Waals surface area contributed by atoms with Gasteiger partial charge in [0.25, 0.3) is 0 Å². The molecule has 1 heterocycles. The van der Waals surface area contributed by atoms with Crippen molar-refractivity contribution in [2.75, 3.05) is 18.1 Å². The summed E-state index contributed by atoms with van der Waals surface area (Å²) in [4.78, 5) is 20.3. The van der Waals surface area contributed by atoms with E-state index in [-0.39, 0.29) is 60.9 Å². The minimum atomic E-state index is -5.15. The molecule has 4 aromatic rings. The molecule has 0 atom stereocenters. The van der Waals surface area contributed by atoms with Gasteiger partial charge in [0.2, 0.25) is 5.95 Å². The molecule has 0 aliphatic rings. The van der Waals surface area contributed by atoms with Crippen molar-refractivity contribution in [3.05, 3.63) is 100 Å². The molecule has 0 spiro atoms. The molecule has 4 rings (SSSR count). The number of hydrogen-bond acceptors (Lipinski definition) is 6. The zero-order chi connectivity index (χ0) is 38.4. The molecule has 280 valence electrons. The van der Waals surface area contributed by atoms with Crippen molar-refractivity contribution in [2.45, 2.75) is 71.1 Å². The second-order valence-electron chi connectivity index (χ2n) is 12.0. The Bertz CT molecular complexity index is 1810. The van der Waals surface area contributed by atoms with E-state index in [9.17, 15) is 44.3 Å². The molecule has 0 fully saturated rings. The van der Waals surface area contributed by atoms with Crippen molar-refractivity contribution >= 4 is 11.9 Å². The van der Waals surface area contributed by atoms with Crippen LogP contribution in [-0.4, -0.2) is 34.3 Å². The third kappa shape index (κ3) is 10.5. The molecule has 16 heteroatoms. The standard InChI is InChI=1S/C36H34F9N3O4/c1-4-51-31-10-7-23(21(2)3)15-30(31)29-9-8-25(34(37,38)39)14-24(29)20-48(33-46-17-28(18-47-33)52-11-5-6-32(49)50)19-22-12-26(35(40,41)42)16-27(13-22)36(43,44)45/h7-10,12-18,21H,4-6,11,19-20H2,1-3H3,(H,49,50). The summed E-state index contributed by atoms with van der Waals surface area (Å²) in [7, 11) is 0. The maximum absolute atomic E-state index is 14.1. The van der Waals surface area contributed by atoms with Gasteiger partial charge < -0.3 is 19.5 Å². The number of ether oxygens (including phenoxy) is 2. The van der Waals surface area contributed by atoms with Crippen LogP contribution in [0.1, 0.15) is 72.9 Å². The maximum atomic E-state index is 14.1. The van der Waals surface area contributed by atoms with Gasteiger partial charge in [-0.05, 0) is 84.0 Å². The van der Waals surface area contributed by atoms with Gasteiger partial charge in [-0.3, -0.25) is 4.79 Å². The van der Waals surface area contributed by atoms with E-state index >= 15 is 0 Å². The van der Waals surface area contributed by atoms with Gasteiger partial charge in [-0.2, -0.15) is 39.5 Å². The normalized spacial score (nSPS) is 12.2. The summed E-state index contributed by atoms with van der Waals surface area (Å²) >= 11 is 0. The summed E-state index contributed by atoms with van der Waals surface area (Å²) in [5.74, 6) is -0.890. The molecule has 3 aromatic carbocycles. The van der Waals surface area contributed by atoms with Crippen LogP contribution in [0.15, 0.2) is 67.0 Å². The number of alkyl halides is 9. The van der Waals surface area contributed by atoms with Crippen LogP contribution in [0.3, 0.4) is 0 Å². The highest BCUT2D eigenvalue weighted by atomic mass is 19.4. The van der Waals surface area contributed by atoms with Crippen LogP contribution in [0.2, 0.25) is 0 Å². The number of rotatable bonds is 14. The molecule has 0 unspecified atom stereocenters.